The molecule has 0 aliphatic carbocycles. The van der Waals surface area contributed by atoms with Crippen LogP contribution in [0.1, 0.15) is 28.9 Å². The van der Waals surface area contributed by atoms with Crippen LogP contribution in [0.15, 0.2) is 54.6 Å². The van der Waals surface area contributed by atoms with E-state index in [-0.39, 0.29) is 12.0 Å². The summed E-state index contributed by atoms with van der Waals surface area (Å²) in [5.74, 6) is 0.384. The molecule has 0 spiro atoms. The van der Waals surface area contributed by atoms with Gasteiger partial charge in [-0.25, -0.2) is 0 Å². The Bertz CT molecular complexity index is 610. The summed E-state index contributed by atoms with van der Waals surface area (Å²) < 4.78 is 5.93. The molecule has 0 aliphatic rings. The maximum absolute atomic E-state index is 11.1. The van der Waals surface area contributed by atoms with Crippen molar-refractivity contribution in [3.05, 3.63) is 65.7 Å². The molecule has 0 fully saturated rings. The second kappa shape index (κ2) is 7.24. The fourth-order valence-electron chi connectivity index (χ4n) is 1.97. The zero-order valence-corrected chi connectivity index (χ0v) is 11.8. The molecule has 4 nitrogen and oxygen atoms in total. The number of amides is 1. The largest absolute Gasteiger partial charge is 0.483 e. The summed E-state index contributed by atoms with van der Waals surface area (Å²) in [6.07, 6.45) is 0.409. The molecule has 21 heavy (non-hydrogen) atoms. The molecule has 1 amide bonds. The van der Waals surface area contributed by atoms with Gasteiger partial charge in [-0.2, -0.15) is 0 Å². The highest BCUT2D eigenvalue weighted by atomic mass is 16.5. The molecule has 1 atom stereocenters. The molecule has 0 heterocycles. The van der Waals surface area contributed by atoms with Crippen LogP contribution in [-0.2, 0) is 4.79 Å². The van der Waals surface area contributed by atoms with Crippen molar-refractivity contribution in [1.29, 1.82) is 0 Å². The number of para-hydroxylation sites is 1. The first-order chi connectivity index (χ1) is 10.2. The lowest BCUT2D eigenvalue weighted by atomic mass is 10.1. The fraction of sp³-hybridized carbons (Fsp3) is 0.176. The number of carbonyl (C=O) groups is 2. The van der Waals surface area contributed by atoms with E-state index in [9.17, 15) is 9.59 Å². The molecule has 0 aliphatic heterocycles. The van der Waals surface area contributed by atoms with Crippen molar-refractivity contribution in [1.82, 2.24) is 5.32 Å². The highest BCUT2D eigenvalue weighted by Gasteiger charge is 2.15. The van der Waals surface area contributed by atoms with Crippen LogP contribution in [0.25, 0.3) is 0 Å². The van der Waals surface area contributed by atoms with Gasteiger partial charge in [0.2, 0.25) is 5.91 Å². The maximum atomic E-state index is 11.1. The Kier molecular flexibility index (Phi) is 5.10. The summed E-state index contributed by atoms with van der Waals surface area (Å²) in [6, 6.07) is 16.6. The third-order valence-corrected chi connectivity index (χ3v) is 3.02. The van der Waals surface area contributed by atoms with Crippen molar-refractivity contribution in [2.45, 2.75) is 13.0 Å². The molecule has 2 aromatic rings. The van der Waals surface area contributed by atoms with E-state index in [1.54, 1.807) is 18.2 Å². The van der Waals surface area contributed by atoms with Crippen LogP contribution in [-0.4, -0.2) is 18.7 Å². The first-order valence-corrected chi connectivity index (χ1v) is 6.71. The van der Waals surface area contributed by atoms with Crippen molar-refractivity contribution >= 4 is 12.2 Å². The minimum Gasteiger partial charge on any atom is -0.483 e. The highest BCUT2D eigenvalue weighted by molar-refractivity contribution is 5.79. The van der Waals surface area contributed by atoms with E-state index in [2.05, 4.69) is 5.32 Å². The molecular formula is C17H17NO3. The molecule has 0 radical (unpaired) electrons. The Hall–Kier alpha value is -2.62. The van der Waals surface area contributed by atoms with Gasteiger partial charge in [0.15, 0.2) is 6.29 Å². The van der Waals surface area contributed by atoms with E-state index in [1.165, 1.54) is 6.92 Å². The predicted octanol–water partition coefficient (Wildman–Crippen LogP) is 2.76. The lowest BCUT2D eigenvalue weighted by molar-refractivity contribution is -0.119. The number of carbonyl (C=O) groups excluding carboxylic acids is 2. The van der Waals surface area contributed by atoms with Crippen molar-refractivity contribution in [3.8, 4) is 5.75 Å². The zero-order valence-electron chi connectivity index (χ0n) is 11.8. The van der Waals surface area contributed by atoms with E-state index in [0.29, 0.717) is 17.9 Å². The number of ether oxygens (including phenoxy) is 1. The third kappa shape index (κ3) is 4.18. The van der Waals surface area contributed by atoms with Crippen molar-refractivity contribution in [2.24, 2.45) is 0 Å². The number of benzene rings is 2. The highest BCUT2D eigenvalue weighted by Crippen LogP contribution is 2.24. The lowest BCUT2D eigenvalue weighted by Gasteiger charge is -2.20. The number of aldehydes is 1. The van der Waals surface area contributed by atoms with E-state index >= 15 is 0 Å². The third-order valence-electron chi connectivity index (χ3n) is 3.02. The van der Waals surface area contributed by atoms with Gasteiger partial charge in [0.25, 0.3) is 0 Å². The van der Waals surface area contributed by atoms with Crippen LogP contribution in [0, 0.1) is 0 Å². The van der Waals surface area contributed by atoms with Crippen LogP contribution < -0.4 is 10.1 Å². The summed E-state index contributed by atoms with van der Waals surface area (Å²) in [4.78, 5) is 22.2. The van der Waals surface area contributed by atoms with Gasteiger partial charge < -0.3 is 10.1 Å². The van der Waals surface area contributed by atoms with Crippen molar-refractivity contribution in [3.63, 3.8) is 0 Å². The molecular weight excluding hydrogens is 266 g/mol. The van der Waals surface area contributed by atoms with Gasteiger partial charge in [0.05, 0.1) is 12.1 Å². The Morgan fingerprint density at radius 2 is 1.81 bits per heavy atom. The zero-order chi connectivity index (χ0) is 15.1. The molecule has 1 unspecified atom stereocenters. The maximum Gasteiger partial charge on any atom is 0.217 e. The van der Waals surface area contributed by atoms with Crippen molar-refractivity contribution in [2.75, 3.05) is 6.54 Å². The molecule has 2 rings (SSSR count). The summed E-state index contributed by atoms with van der Waals surface area (Å²) in [5.41, 5.74) is 1.42. The molecule has 108 valence electrons. The monoisotopic (exact) mass is 283 g/mol. The molecule has 2 aromatic carbocycles. The first-order valence-electron chi connectivity index (χ1n) is 6.71. The summed E-state index contributed by atoms with van der Waals surface area (Å²) >= 11 is 0. The van der Waals surface area contributed by atoms with Gasteiger partial charge in [-0.3, -0.25) is 9.59 Å². The first kappa shape index (κ1) is 14.8. The van der Waals surface area contributed by atoms with Gasteiger partial charge in [0, 0.05) is 6.92 Å². The smallest absolute Gasteiger partial charge is 0.217 e. The molecule has 0 bridgehead atoms. The van der Waals surface area contributed by atoms with Crippen LogP contribution in [0.2, 0.25) is 0 Å². The van der Waals surface area contributed by atoms with Crippen LogP contribution in [0.4, 0.5) is 0 Å². The molecule has 0 saturated heterocycles. The minimum atomic E-state index is -0.351. The Morgan fingerprint density at radius 3 is 2.48 bits per heavy atom. The number of hydrogen-bond acceptors (Lipinski definition) is 3. The summed E-state index contributed by atoms with van der Waals surface area (Å²) in [5, 5.41) is 2.75. The average molecular weight is 283 g/mol. The predicted molar refractivity (Wildman–Crippen MR) is 80.3 cm³/mol. The van der Waals surface area contributed by atoms with Gasteiger partial charge >= 0.3 is 0 Å². The van der Waals surface area contributed by atoms with Crippen molar-refractivity contribution < 1.29 is 14.3 Å². The average Bonchev–Trinajstić information content (AvgIpc) is 2.52. The lowest BCUT2D eigenvalue weighted by Crippen LogP contribution is -2.28. The number of hydrogen-bond donors (Lipinski definition) is 1. The standard InChI is InChI=1S/C17H17NO3/c1-13(20)18-11-17(14-7-3-2-4-8-14)21-16-10-6-5-9-15(16)12-19/h2-10,12,17H,11H2,1H3,(H,18,20). The van der Waals surface area contributed by atoms with E-state index in [4.69, 9.17) is 4.74 Å². The van der Waals surface area contributed by atoms with Gasteiger partial charge in [-0.15, -0.1) is 0 Å². The quantitative estimate of drug-likeness (QED) is 0.829. The summed E-state index contributed by atoms with van der Waals surface area (Å²) in [6.45, 7) is 1.80. The van der Waals surface area contributed by atoms with Gasteiger partial charge in [-0.05, 0) is 17.7 Å². The fourth-order valence-corrected chi connectivity index (χ4v) is 1.97. The normalized spacial score (nSPS) is 11.5. The topological polar surface area (TPSA) is 55.4 Å². The SMILES string of the molecule is CC(=O)NCC(Oc1ccccc1C=O)c1ccccc1. The molecule has 0 aromatic heterocycles. The minimum absolute atomic E-state index is 0.122. The number of rotatable bonds is 6. The van der Waals surface area contributed by atoms with Crippen LogP contribution >= 0.6 is 0 Å². The number of nitrogens with one attached hydrogen (secondary N) is 1. The van der Waals surface area contributed by atoms with E-state index in [0.717, 1.165) is 11.8 Å². The van der Waals surface area contributed by atoms with E-state index < -0.39 is 0 Å². The Labute approximate surface area is 123 Å². The molecule has 1 N–H and O–H groups in total. The van der Waals surface area contributed by atoms with Crippen LogP contribution in [0.3, 0.4) is 0 Å². The van der Waals surface area contributed by atoms with Gasteiger partial charge in [0.1, 0.15) is 11.9 Å². The second-order valence-corrected chi connectivity index (χ2v) is 4.61. The van der Waals surface area contributed by atoms with Crippen LogP contribution in [0.5, 0.6) is 5.75 Å². The van der Waals surface area contributed by atoms with E-state index in [1.807, 2.05) is 36.4 Å². The second-order valence-electron chi connectivity index (χ2n) is 4.61. The Morgan fingerprint density at radius 1 is 1.14 bits per heavy atom. The summed E-state index contributed by atoms with van der Waals surface area (Å²) in [7, 11) is 0. The van der Waals surface area contributed by atoms with Gasteiger partial charge in [-0.1, -0.05) is 42.5 Å². The molecule has 4 heteroatoms. The Balaban J connectivity index is 2.23. The molecule has 0 saturated carbocycles.